The Morgan fingerprint density at radius 1 is 1.25 bits per heavy atom. The number of anilines is 1. The second-order valence-electron chi connectivity index (χ2n) is 5.29. The van der Waals surface area contributed by atoms with Crippen LogP contribution in [0.4, 0.5) is 5.95 Å². The maximum absolute atomic E-state index is 12.0. The average molecular weight is 273 g/mol. The van der Waals surface area contributed by atoms with E-state index in [-0.39, 0.29) is 5.56 Å². The lowest BCUT2D eigenvalue weighted by Crippen LogP contribution is -2.30. The number of aromatic amines is 1. The zero-order valence-corrected chi connectivity index (χ0v) is 11.6. The summed E-state index contributed by atoms with van der Waals surface area (Å²) in [6.07, 6.45) is 4.54. The Labute approximate surface area is 117 Å². The third-order valence-electron chi connectivity index (χ3n) is 3.96. The summed E-state index contributed by atoms with van der Waals surface area (Å²) in [6, 6.07) is 7.73. The molecule has 5 heteroatoms. The van der Waals surface area contributed by atoms with Crippen LogP contribution in [-0.4, -0.2) is 29.2 Å². The normalized spacial score (nSPS) is 22.9. The highest BCUT2D eigenvalue weighted by atomic mass is 16.5. The molecule has 0 radical (unpaired) electrons. The molecule has 0 bridgehead atoms. The summed E-state index contributed by atoms with van der Waals surface area (Å²) in [4.78, 5) is 19.3. The van der Waals surface area contributed by atoms with E-state index in [1.165, 1.54) is 0 Å². The number of fused-ring (bicyclic) bond motifs is 1. The number of methoxy groups -OCH3 is 1. The van der Waals surface area contributed by atoms with Gasteiger partial charge in [0.15, 0.2) is 0 Å². The van der Waals surface area contributed by atoms with E-state index in [0.717, 1.165) is 31.2 Å². The molecule has 5 nitrogen and oxygen atoms in total. The number of hydrogen-bond acceptors (Lipinski definition) is 4. The maximum Gasteiger partial charge on any atom is 0.260 e. The fourth-order valence-corrected chi connectivity index (χ4v) is 2.79. The number of hydrogen-bond donors (Lipinski definition) is 2. The van der Waals surface area contributed by atoms with Crippen molar-refractivity contribution in [2.24, 2.45) is 0 Å². The lowest BCUT2D eigenvalue weighted by atomic mass is 9.93. The number of H-pyrrole nitrogens is 1. The topological polar surface area (TPSA) is 67.0 Å². The predicted molar refractivity (Wildman–Crippen MR) is 79.0 cm³/mol. The Morgan fingerprint density at radius 3 is 2.75 bits per heavy atom. The Bertz CT molecular complexity index is 645. The van der Waals surface area contributed by atoms with Gasteiger partial charge in [0.25, 0.3) is 5.56 Å². The quantitative estimate of drug-likeness (QED) is 0.900. The first kappa shape index (κ1) is 13.1. The SMILES string of the molecule is CO[C@H]1CC[C@H](Nc2nc3ccccc3c(=O)[nH]2)CC1. The second kappa shape index (κ2) is 5.63. The Balaban J connectivity index is 1.77. The van der Waals surface area contributed by atoms with Crippen LogP contribution in [0.25, 0.3) is 10.9 Å². The highest BCUT2D eigenvalue weighted by molar-refractivity contribution is 5.78. The van der Waals surface area contributed by atoms with E-state index in [1.807, 2.05) is 18.2 Å². The van der Waals surface area contributed by atoms with E-state index < -0.39 is 0 Å². The van der Waals surface area contributed by atoms with Gasteiger partial charge in [0.05, 0.1) is 17.0 Å². The molecule has 1 aromatic heterocycles. The zero-order valence-electron chi connectivity index (χ0n) is 11.6. The highest BCUT2D eigenvalue weighted by Crippen LogP contribution is 2.22. The molecule has 1 saturated carbocycles. The van der Waals surface area contributed by atoms with Gasteiger partial charge in [-0.05, 0) is 37.8 Å². The molecule has 0 aliphatic heterocycles. The van der Waals surface area contributed by atoms with Crippen molar-refractivity contribution in [1.29, 1.82) is 0 Å². The van der Waals surface area contributed by atoms with Crippen molar-refractivity contribution in [3.63, 3.8) is 0 Å². The van der Waals surface area contributed by atoms with Crippen molar-refractivity contribution in [3.8, 4) is 0 Å². The van der Waals surface area contributed by atoms with Gasteiger partial charge in [-0.25, -0.2) is 4.98 Å². The monoisotopic (exact) mass is 273 g/mol. The fraction of sp³-hybridized carbons (Fsp3) is 0.467. The Hall–Kier alpha value is -1.88. The molecule has 1 aliphatic rings. The number of rotatable bonds is 3. The van der Waals surface area contributed by atoms with Gasteiger partial charge < -0.3 is 10.1 Å². The molecular weight excluding hydrogens is 254 g/mol. The van der Waals surface area contributed by atoms with Crippen LogP contribution in [0.2, 0.25) is 0 Å². The summed E-state index contributed by atoms with van der Waals surface area (Å²) in [5.41, 5.74) is 0.632. The van der Waals surface area contributed by atoms with Gasteiger partial charge in [0.1, 0.15) is 0 Å². The lowest BCUT2D eigenvalue weighted by molar-refractivity contribution is 0.0681. The molecule has 3 rings (SSSR count). The Kier molecular flexibility index (Phi) is 3.69. The standard InChI is InChI=1S/C15H19N3O2/c1-20-11-8-6-10(7-9-11)16-15-17-13-5-3-2-4-12(13)14(19)18-15/h2-5,10-11H,6-9H2,1H3,(H2,16,17,18,19)/t10-,11-. The van der Waals surface area contributed by atoms with Crippen LogP contribution in [0.5, 0.6) is 0 Å². The molecule has 0 atom stereocenters. The van der Waals surface area contributed by atoms with Crippen molar-refractivity contribution >= 4 is 16.9 Å². The number of ether oxygens (including phenoxy) is 1. The Morgan fingerprint density at radius 2 is 2.00 bits per heavy atom. The number of nitrogens with zero attached hydrogens (tertiary/aromatic N) is 1. The van der Waals surface area contributed by atoms with Crippen LogP contribution in [0.3, 0.4) is 0 Å². The van der Waals surface area contributed by atoms with Crippen LogP contribution < -0.4 is 10.9 Å². The van der Waals surface area contributed by atoms with Crippen LogP contribution >= 0.6 is 0 Å². The molecule has 1 aliphatic carbocycles. The van der Waals surface area contributed by atoms with Crippen molar-refractivity contribution in [2.45, 2.75) is 37.8 Å². The van der Waals surface area contributed by atoms with E-state index >= 15 is 0 Å². The summed E-state index contributed by atoms with van der Waals surface area (Å²) in [5.74, 6) is 0.564. The van der Waals surface area contributed by atoms with Crippen molar-refractivity contribution in [1.82, 2.24) is 9.97 Å². The van der Waals surface area contributed by atoms with Gasteiger partial charge in [-0.2, -0.15) is 0 Å². The smallest absolute Gasteiger partial charge is 0.260 e. The van der Waals surface area contributed by atoms with Gasteiger partial charge in [-0.1, -0.05) is 12.1 Å². The largest absolute Gasteiger partial charge is 0.381 e. The number of para-hydroxylation sites is 1. The summed E-state index contributed by atoms with van der Waals surface area (Å²) < 4.78 is 5.37. The van der Waals surface area contributed by atoms with Gasteiger partial charge in [0, 0.05) is 13.2 Å². The predicted octanol–water partition coefficient (Wildman–Crippen LogP) is 2.29. The first-order chi connectivity index (χ1) is 9.76. The van der Waals surface area contributed by atoms with Gasteiger partial charge >= 0.3 is 0 Å². The minimum Gasteiger partial charge on any atom is -0.381 e. The molecule has 0 spiro atoms. The first-order valence-corrected chi connectivity index (χ1v) is 7.04. The van der Waals surface area contributed by atoms with Crippen molar-refractivity contribution < 1.29 is 4.74 Å². The summed E-state index contributed by atoms with van der Waals surface area (Å²) in [5, 5.41) is 3.96. The van der Waals surface area contributed by atoms with E-state index in [0.29, 0.717) is 23.5 Å². The number of nitrogens with one attached hydrogen (secondary N) is 2. The summed E-state index contributed by atoms with van der Waals surface area (Å²) in [7, 11) is 1.76. The van der Waals surface area contributed by atoms with Crippen molar-refractivity contribution in [3.05, 3.63) is 34.6 Å². The van der Waals surface area contributed by atoms with E-state index in [4.69, 9.17) is 4.74 Å². The van der Waals surface area contributed by atoms with E-state index in [9.17, 15) is 4.79 Å². The highest BCUT2D eigenvalue weighted by Gasteiger charge is 2.21. The lowest BCUT2D eigenvalue weighted by Gasteiger charge is -2.28. The van der Waals surface area contributed by atoms with E-state index in [2.05, 4.69) is 15.3 Å². The maximum atomic E-state index is 12.0. The third-order valence-corrected chi connectivity index (χ3v) is 3.96. The van der Waals surface area contributed by atoms with Crippen LogP contribution in [-0.2, 0) is 4.74 Å². The molecule has 0 unspecified atom stereocenters. The minimum absolute atomic E-state index is 0.0938. The number of aromatic nitrogens is 2. The summed E-state index contributed by atoms with van der Waals surface area (Å²) in [6.45, 7) is 0. The van der Waals surface area contributed by atoms with Crippen LogP contribution in [0, 0.1) is 0 Å². The molecule has 0 amide bonds. The van der Waals surface area contributed by atoms with Gasteiger partial charge in [-0.15, -0.1) is 0 Å². The fourth-order valence-electron chi connectivity index (χ4n) is 2.79. The number of benzene rings is 1. The molecule has 2 N–H and O–H groups in total. The minimum atomic E-state index is -0.0938. The molecule has 2 aromatic rings. The molecule has 0 saturated heterocycles. The summed E-state index contributed by atoms with van der Waals surface area (Å²) >= 11 is 0. The first-order valence-electron chi connectivity index (χ1n) is 7.04. The van der Waals surface area contributed by atoms with Gasteiger partial charge in [-0.3, -0.25) is 9.78 Å². The third kappa shape index (κ3) is 2.67. The molecule has 106 valence electrons. The molecule has 1 fully saturated rings. The van der Waals surface area contributed by atoms with Crippen LogP contribution in [0.15, 0.2) is 29.1 Å². The second-order valence-corrected chi connectivity index (χ2v) is 5.29. The average Bonchev–Trinajstić information content (AvgIpc) is 2.48. The molecule has 1 aromatic carbocycles. The van der Waals surface area contributed by atoms with Gasteiger partial charge in [0.2, 0.25) is 5.95 Å². The molecular formula is C15H19N3O2. The zero-order chi connectivity index (χ0) is 13.9. The van der Waals surface area contributed by atoms with Crippen LogP contribution in [0.1, 0.15) is 25.7 Å². The van der Waals surface area contributed by atoms with E-state index in [1.54, 1.807) is 13.2 Å². The molecule has 1 heterocycles. The molecule has 20 heavy (non-hydrogen) atoms. The van der Waals surface area contributed by atoms with Crippen molar-refractivity contribution in [2.75, 3.05) is 12.4 Å².